The van der Waals surface area contributed by atoms with E-state index in [1.165, 1.54) is 29.7 Å². The highest BCUT2D eigenvalue weighted by molar-refractivity contribution is 7.98. The number of nitrogens with one attached hydrogen (secondary N) is 1. The van der Waals surface area contributed by atoms with Crippen molar-refractivity contribution in [2.45, 2.75) is 32.7 Å². The molecule has 0 saturated heterocycles. The molecule has 0 heterocycles. The lowest BCUT2D eigenvalue weighted by Crippen LogP contribution is -2.20. The summed E-state index contributed by atoms with van der Waals surface area (Å²) in [7, 11) is 1.74. The fraction of sp³-hybridized carbons (Fsp3) is 0.600. The Labute approximate surface area is 116 Å². The summed E-state index contributed by atoms with van der Waals surface area (Å²) in [4.78, 5) is 0. The molecule has 18 heavy (non-hydrogen) atoms. The predicted molar refractivity (Wildman–Crippen MR) is 81.8 cm³/mol. The Morgan fingerprint density at radius 1 is 1.33 bits per heavy atom. The third-order valence-corrected chi connectivity index (χ3v) is 3.78. The average molecular weight is 267 g/mol. The standard InChI is InChI=1S/C15H25NOS/c1-12-7-8-14(15(11-12)17-3)13(2)16-9-5-6-10-18-4/h7-8,11,13,16H,5-6,9-10H2,1-4H3. The SMILES string of the molecule is COc1cc(C)ccc1C(C)NCCCCSC. The van der Waals surface area contributed by atoms with Gasteiger partial charge in [-0.05, 0) is 56.9 Å². The van der Waals surface area contributed by atoms with E-state index < -0.39 is 0 Å². The monoisotopic (exact) mass is 267 g/mol. The van der Waals surface area contributed by atoms with Crippen LogP contribution >= 0.6 is 11.8 Å². The van der Waals surface area contributed by atoms with Crippen molar-refractivity contribution in [3.63, 3.8) is 0 Å². The Morgan fingerprint density at radius 2 is 2.11 bits per heavy atom. The van der Waals surface area contributed by atoms with Crippen LogP contribution in [0.5, 0.6) is 5.75 Å². The van der Waals surface area contributed by atoms with Gasteiger partial charge in [0.1, 0.15) is 5.75 Å². The zero-order chi connectivity index (χ0) is 13.4. The van der Waals surface area contributed by atoms with Crippen LogP contribution in [0.2, 0.25) is 0 Å². The second-order valence-corrected chi connectivity index (χ2v) is 5.61. The Balaban J connectivity index is 2.48. The molecule has 2 nitrogen and oxygen atoms in total. The van der Waals surface area contributed by atoms with Gasteiger partial charge < -0.3 is 10.1 Å². The highest BCUT2D eigenvalue weighted by Crippen LogP contribution is 2.25. The molecule has 102 valence electrons. The van der Waals surface area contributed by atoms with E-state index >= 15 is 0 Å². The Kier molecular flexibility index (Phi) is 7.21. The van der Waals surface area contributed by atoms with Crippen LogP contribution in [-0.4, -0.2) is 25.7 Å². The van der Waals surface area contributed by atoms with Gasteiger partial charge in [-0.25, -0.2) is 0 Å². The number of hydrogen-bond donors (Lipinski definition) is 1. The molecule has 3 heteroatoms. The number of aryl methyl sites for hydroxylation is 1. The number of ether oxygens (including phenoxy) is 1. The average Bonchev–Trinajstić information content (AvgIpc) is 2.38. The van der Waals surface area contributed by atoms with Crippen LogP contribution in [0, 0.1) is 6.92 Å². The zero-order valence-electron chi connectivity index (χ0n) is 12.0. The van der Waals surface area contributed by atoms with Crippen molar-refractivity contribution in [2.75, 3.05) is 25.7 Å². The molecule has 0 bridgehead atoms. The van der Waals surface area contributed by atoms with Crippen molar-refractivity contribution in [1.29, 1.82) is 0 Å². The van der Waals surface area contributed by atoms with Crippen LogP contribution in [0.4, 0.5) is 0 Å². The molecule has 0 fully saturated rings. The van der Waals surface area contributed by atoms with Gasteiger partial charge in [-0.15, -0.1) is 0 Å². The summed E-state index contributed by atoms with van der Waals surface area (Å²) in [6.45, 7) is 5.35. The lowest BCUT2D eigenvalue weighted by molar-refractivity contribution is 0.401. The van der Waals surface area contributed by atoms with Crippen LogP contribution in [0.3, 0.4) is 0 Å². The van der Waals surface area contributed by atoms with Crippen molar-refractivity contribution >= 4 is 11.8 Å². The van der Waals surface area contributed by atoms with Crippen LogP contribution in [-0.2, 0) is 0 Å². The topological polar surface area (TPSA) is 21.3 Å². The van der Waals surface area contributed by atoms with E-state index in [1.54, 1.807) is 7.11 Å². The normalized spacial score (nSPS) is 12.4. The molecule has 0 amide bonds. The van der Waals surface area contributed by atoms with Crippen LogP contribution in [0.1, 0.15) is 36.9 Å². The number of thioether (sulfide) groups is 1. The molecule has 1 atom stereocenters. The second-order valence-electron chi connectivity index (χ2n) is 4.62. The quantitative estimate of drug-likeness (QED) is 0.724. The fourth-order valence-corrected chi connectivity index (χ4v) is 2.47. The summed E-state index contributed by atoms with van der Waals surface area (Å²) in [6, 6.07) is 6.74. The Morgan fingerprint density at radius 3 is 2.78 bits per heavy atom. The molecule has 1 aromatic rings. The second kappa shape index (κ2) is 8.44. The van der Waals surface area contributed by atoms with Crippen molar-refractivity contribution in [3.8, 4) is 5.75 Å². The molecule has 0 aliphatic carbocycles. The first-order valence-electron chi connectivity index (χ1n) is 6.56. The van der Waals surface area contributed by atoms with Crippen LogP contribution < -0.4 is 10.1 Å². The van der Waals surface area contributed by atoms with Crippen molar-refractivity contribution in [3.05, 3.63) is 29.3 Å². The Hall–Kier alpha value is -0.670. The lowest BCUT2D eigenvalue weighted by atomic mass is 10.0. The third-order valence-electron chi connectivity index (χ3n) is 3.08. The first-order valence-corrected chi connectivity index (χ1v) is 7.95. The van der Waals surface area contributed by atoms with E-state index in [0.717, 1.165) is 12.3 Å². The molecule has 0 radical (unpaired) electrons. The highest BCUT2D eigenvalue weighted by atomic mass is 32.2. The summed E-state index contributed by atoms with van der Waals surface area (Å²) in [5, 5.41) is 3.56. The minimum atomic E-state index is 0.342. The van der Waals surface area contributed by atoms with E-state index in [-0.39, 0.29) is 0 Å². The maximum atomic E-state index is 5.45. The number of hydrogen-bond acceptors (Lipinski definition) is 3. The summed E-state index contributed by atoms with van der Waals surface area (Å²) in [6.07, 6.45) is 4.68. The zero-order valence-corrected chi connectivity index (χ0v) is 12.8. The van der Waals surface area contributed by atoms with Gasteiger partial charge >= 0.3 is 0 Å². The molecule has 1 N–H and O–H groups in total. The van der Waals surface area contributed by atoms with E-state index in [4.69, 9.17) is 4.74 Å². The highest BCUT2D eigenvalue weighted by Gasteiger charge is 2.10. The summed E-state index contributed by atoms with van der Waals surface area (Å²) >= 11 is 1.92. The van der Waals surface area contributed by atoms with Crippen LogP contribution in [0.15, 0.2) is 18.2 Å². The maximum Gasteiger partial charge on any atom is 0.123 e. The number of rotatable bonds is 8. The van der Waals surface area contributed by atoms with E-state index in [1.807, 2.05) is 11.8 Å². The minimum absolute atomic E-state index is 0.342. The van der Waals surface area contributed by atoms with Crippen molar-refractivity contribution in [2.24, 2.45) is 0 Å². The molecule has 0 spiro atoms. The van der Waals surface area contributed by atoms with Crippen molar-refractivity contribution < 1.29 is 4.74 Å². The first kappa shape index (κ1) is 15.4. The van der Waals surface area contributed by atoms with Crippen LogP contribution in [0.25, 0.3) is 0 Å². The predicted octanol–water partition coefficient (Wildman–Crippen LogP) is 3.80. The first-order chi connectivity index (χ1) is 8.69. The molecule has 1 aromatic carbocycles. The molecule has 0 aliphatic heterocycles. The van der Waals surface area contributed by atoms with Gasteiger partial charge in [-0.2, -0.15) is 11.8 Å². The number of benzene rings is 1. The summed E-state index contributed by atoms with van der Waals surface area (Å²) in [5.41, 5.74) is 2.48. The van der Waals surface area contributed by atoms with E-state index in [0.29, 0.717) is 6.04 Å². The molecule has 1 unspecified atom stereocenters. The summed E-state index contributed by atoms with van der Waals surface area (Å²) in [5.74, 6) is 2.24. The summed E-state index contributed by atoms with van der Waals surface area (Å²) < 4.78 is 5.45. The van der Waals surface area contributed by atoms with E-state index in [9.17, 15) is 0 Å². The van der Waals surface area contributed by atoms with Gasteiger partial charge in [0.25, 0.3) is 0 Å². The number of unbranched alkanes of at least 4 members (excludes halogenated alkanes) is 1. The third kappa shape index (κ3) is 4.91. The van der Waals surface area contributed by atoms with Gasteiger partial charge in [-0.3, -0.25) is 0 Å². The lowest BCUT2D eigenvalue weighted by Gasteiger charge is -2.17. The van der Waals surface area contributed by atoms with Gasteiger partial charge in [-0.1, -0.05) is 12.1 Å². The number of methoxy groups -OCH3 is 1. The van der Waals surface area contributed by atoms with Gasteiger partial charge in [0.2, 0.25) is 0 Å². The minimum Gasteiger partial charge on any atom is -0.496 e. The van der Waals surface area contributed by atoms with Gasteiger partial charge in [0, 0.05) is 11.6 Å². The smallest absolute Gasteiger partial charge is 0.123 e. The molecular formula is C15H25NOS. The van der Waals surface area contributed by atoms with Crippen molar-refractivity contribution in [1.82, 2.24) is 5.32 Å². The molecular weight excluding hydrogens is 242 g/mol. The molecule has 1 rings (SSSR count). The molecule has 0 aliphatic rings. The molecule has 0 saturated carbocycles. The van der Waals surface area contributed by atoms with Gasteiger partial charge in [0.05, 0.1) is 7.11 Å². The van der Waals surface area contributed by atoms with Gasteiger partial charge in [0.15, 0.2) is 0 Å². The maximum absolute atomic E-state index is 5.45. The fourth-order valence-electron chi connectivity index (χ4n) is 1.98. The molecule has 0 aromatic heterocycles. The Bertz CT molecular complexity index is 354. The largest absolute Gasteiger partial charge is 0.496 e. The van der Waals surface area contributed by atoms with E-state index in [2.05, 4.69) is 43.6 Å².